The topological polar surface area (TPSA) is 115 Å². The second kappa shape index (κ2) is 21.5. The summed E-state index contributed by atoms with van der Waals surface area (Å²) in [6.07, 6.45) is 15.4. The molecule has 0 fully saturated rings. The molecule has 0 bridgehead atoms. The first-order valence-electron chi connectivity index (χ1n) is 25.4. The fraction of sp³-hybridized carbons (Fsp3) is 0.464. The van der Waals surface area contributed by atoms with E-state index in [1.54, 1.807) is 12.1 Å². The van der Waals surface area contributed by atoms with Crippen LogP contribution in [0.25, 0.3) is 32.3 Å². The van der Waals surface area contributed by atoms with Crippen LogP contribution in [0.5, 0.6) is 0 Å². The smallest absolute Gasteiger partial charge is 0.261 e. The molecule has 2 aromatic heterocycles. The highest BCUT2D eigenvalue weighted by Gasteiger charge is 2.49. The van der Waals surface area contributed by atoms with Crippen molar-refractivity contribution in [2.75, 3.05) is 13.1 Å². The summed E-state index contributed by atoms with van der Waals surface area (Å²) in [5.41, 5.74) is 5.39. The van der Waals surface area contributed by atoms with Gasteiger partial charge in [0.2, 0.25) is 0 Å². The number of amides is 6. The van der Waals surface area contributed by atoms with Crippen molar-refractivity contribution in [2.24, 2.45) is 0 Å². The zero-order valence-electron chi connectivity index (χ0n) is 40.7. The fourth-order valence-corrected chi connectivity index (χ4v) is 12.6. The van der Waals surface area contributed by atoms with Crippen LogP contribution in [0.15, 0.2) is 71.8 Å². The molecule has 358 valence electrons. The third kappa shape index (κ3) is 8.99. The lowest BCUT2D eigenvalue weighted by atomic mass is 10.0. The maximum Gasteiger partial charge on any atom is 0.261 e. The Balaban J connectivity index is 1.19. The number of benzene rings is 2. The molecule has 68 heavy (non-hydrogen) atoms. The molecule has 10 nitrogen and oxygen atoms in total. The Morgan fingerprint density at radius 3 is 1.09 bits per heavy atom. The van der Waals surface area contributed by atoms with Crippen LogP contribution in [-0.4, -0.2) is 80.2 Å². The van der Waals surface area contributed by atoms with E-state index < -0.39 is 0 Å². The molecule has 2 aromatic carbocycles. The quantitative estimate of drug-likeness (QED) is 0.0510. The normalized spacial score (nSPS) is 15.9. The third-order valence-electron chi connectivity index (χ3n) is 14.4. The Bertz CT molecular complexity index is 2500. The second-order valence-corrected chi connectivity index (χ2v) is 20.8. The van der Waals surface area contributed by atoms with E-state index in [1.165, 1.54) is 45.3 Å². The van der Waals surface area contributed by atoms with Crippen molar-refractivity contribution >= 4 is 69.5 Å². The number of hydrogen-bond donors (Lipinski definition) is 0. The monoisotopic (exact) mass is 954 g/mol. The summed E-state index contributed by atoms with van der Waals surface area (Å²) in [7, 11) is 0. The van der Waals surface area contributed by atoms with Crippen LogP contribution >= 0.6 is 22.7 Å². The molecule has 0 saturated carbocycles. The number of hydrogen-bond acceptors (Lipinski definition) is 8. The van der Waals surface area contributed by atoms with Crippen molar-refractivity contribution in [3.05, 3.63) is 104 Å². The number of carbonyl (C=O) groups excluding carboxylic acids is 6. The molecule has 0 N–H and O–H groups in total. The van der Waals surface area contributed by atoms with Gasteiger partial charge in [-0.3, -0.25) is 38.6 Å². The fourth-order valence-electron chi connectivity index (χ4n) is 10.5. The SMILES string of the molecule is CCCCCCCCN1C(=O)C2=C(c3ccc(-c4ccc5c(c4)C(=O)N(C(CC)CC)C5=O)s3)N(CCCCCCCC)C(=O)C2=C1c1ccc(-c2ccc3c(c2)C(=O)N(C(CC)CC)C3=O)s1. The van der Waals surface area contributed by atoms with Crippen molar-refractivity contribution in [2.45, 2.75) is 156 Å². The lowest BCUT2D eigenvalue weighted by molar-refractivity contribution is -0.124. The van der Waals surface area contributed by atoms with E-state index >= 15 is 9.59 Å². The molecular formula is C56H66N4O6S2. The summed E-state index contributed by atoms with van der Waals surface area (Å²) in [6.45, 7) is 13.3. The van der Waals surface area contributed by atoms with Crippen LogP contribution in [0.1, 0.15) is 195 Å². The maximum atomic E-state index is 15.2. The lowest BCUT2D eigenvalue weighted by Gasteiger charge is -2.24. The standard InChI is InChI=1S/C56H66N4O6S2/c1-7-13-15-17-19-21-31-57-49(45-29-27-43(67-45)35-23-25-39-41(33-35)53(63)59(51(39)61)37(9-3)10-4)47-48(55(57)65)50(58(56(47)66)32-22-20-18-16-14-8-2)46-30-28-44(68-46)36-24-26-40-42(34-36)54(64)60(52(40)62)38(11-5)12-6/h23-30,33-34,37-38H,7-22,31-32H2,1-6H3. The molecule has 0 saturated heterocycles. The zero-order valence-corrected chi connectivity index (χ0v) is 42.3. The first-order valence-corrected chi connectivity index (χ1v) is 27.0. The highest BCUT2D eigenvalue weighted by atomic mass is 32.1. The van der Waals surface area contributed by atoms with Gasteiger partial charge in [0.25, 0.3) is 35.4 Å². The molecule has 6 amide bonds. The van der Waals surface area contributed by atoms with Crippen LogP contribution in [0.2, 0.25) is 0 Å². The molecule has 4 aromatic rings. The van der Waals surface area contributed by atoms with E-state index in [9.17, 15) is 19.2 Å². The van der Waals surface area contributed by atoms with Gasteiger partial charge in [0.1, 0.15) is 0 Å². The molecule has 0 aliphatic carbocycles. The number of nitrogens with zero attached hydrogens (tertiary/aromatic N) is 4. The molecule has 0 radical (unpaired) electrons. The molecule has 0 atom stereocenters. The van der Waals surface area contributed by atoms with Crippen LogP contribution in [0, 0.1) is 0 Å². The third-order valence-corrected chi connectivity index (χ3v) is 16.6. The first-order chi connectivity index (χ1) is 33.0. The number of imide groups is 2. The van der Waals surface area contributed by atoms with E-state index in [0.29, 0.717) is 83.6 Å². The molecule has 4 aliphatic rings. The van der Waals surface area contributed by atoms with Gasteiger partial charge in [-0.25, -0.2) is 0 Å². The minimum Gasteiger partial charge on any atom is -0.306 e. The van der Waals surface area contributed by atoms with E-state index in [2.05, 4.69) is 13.8 Å². The summed E-state index contributed by atoms with van der Waals surface area (Å²) >= 11 is 2.98. The van der Waals surface area contributed by atoms with Gasteiger partial charge in [-0.1, -0.05) is 118 Å². The van der Waals surface area contributed by atoms with E-state index in [1.807, 2.05) is 86.0 Å². The first kappa shape index (κ1) is 49.0. The van der Waals surface area contributed by atoms with Crippen LogP contribution in [0.4, 0.5) is 0 Å². The molecule has 4 aliphatic heterocycles. The Hall–Kier alpha value is -5.46. The molecule has 0 spiro atoms. The summed E-state index contributed by atoms with van der Waals surface area (Å²) < 4.78 is 0. The number of unbranched alkanes of at least 4 members (excludes halogenated alkanes) is 10. The maximum absolute atomic E-state index is 15.2. The van der Waals surface area contributed by atoms with Crippen LogP contribution in [0.3, 0.4) is 0 Å². The van der Waals surface area contributed by atoms with E-state index in [4.69, 9.17) is 0 Å². The molecular weight excluding hydrogens is 889 g/mol. The summed E-state index contributed by atoms with van der Waals surface area (Å²) in [4.78, 5) is 94.4. The van der Waals surface area contributed by atoms with Crippen molar-refractivity contribution in [3.63, 3.8) is 0 Å². The van der Waals surface area contributed by atoms with Gasteiger partial charge >= 0.3 is 0 Å². The molecule has 8 rings (SSSR count). The Kier molecular flexibility index (Phi) is 15.5. The van der Waals surface area contributed by atoms with Gasteiger partial charge in [-0.15, -0.1) is 22.7 Å². The molecule has 6 heterocycles. The number of carbonyl (C=O) groups is 6. The van der Waals surface area contributed by atoms with Crippen molar-refractivity contribution in [1.29, 1.82) is 0 Å². The predicted molar refractivity (Wildman–Crippen MR) is 273 cm³/mol. The predicted octanol–water partition coefficient (Wildman–Crippen LogP) is 13.2. The average Bonchev–Trinajstić information content (AvgIpc) is 4.21. The van der Waals surface area contributed by atoms with Gasteiger partial charge in [-0.05, 0) is 98.2 Å². The Morgan fingerprint density at radius 1 is 0.382 bits per heavy atom. The average molecular weight is 955 g/mol. The minimum atomic E-state index is -0.265. The van der Waals surface area contributed by atoms with Crippen LogP contribution < -0.4 is 0 Å². The van der Waals surface area contributed by atoms with Gasteiger partial charge in [0, 0.05) is 34.9 Å². The second-order valence-electron chi connectivity index (χ2n) is 18.6. The Morgan fingerprint density at radius 2 is 0.721 bits per heavy atom. The summed E-state index contributed by atoms with van der Waals surface area (Å²) in [6, 6.07) is 18.5. The van der Waals surface area contributed by atoms with Gasteiger partial charge < -0.3 is 9.80 Å². The highest BCUT2D eigenvalue weighted by Crippen LogP contribution is 2.50. The van der Waals surface area contributed by atoms with Gasteiger partial charge in [0.15, 0.2) is 0 Å². The summed E-state index contributed by atoms with van der Waals surface area (Å²) in [5, 5.41) is 0. The minimum absolute atomic E-state index is 0.162. The van der Waals surface area contributed by atoms with Gasteiger partial charge in [0.05, 0.1) is 54.5 Å². The zero-order chi connectivity index (χ0) is 48.2. The number of thiophene rings is 2. The largest absolute Gasteiger partial charge is 0.306 e. The van der Waals surface area contributed by atoms with Crippen molar-refractivity contribution < 1.29 is 28.8 Å². The molecule has 12 heteroatoms. The van der Waals surface area contributed by atoms with E-state index in [0.717, 1.165) is 94.8 Å². The number of fused-ring (bicyclic) bond motifs is 3. The van der Waals surface area contributed by atoms with Crippen molar-refractivity contribution in [3.8, 4) is 20.9 Å². The molecule has 0 unspecified atom stereocenters. The van der Waals surface area contributed by atoms with Crippen LogP contribution in [-0.2, 0) is 9.59 Å². The van der Waals surface area contributed by atoms with Crippen molar-refractivity contribution in [1.82, 2.24) is 19.6 Å². The number of rotatable bonds is 24. The highest BCUT2D eigenvalue weighted by molar-refractivity contribution is 7.17. The Labute approximate surface area is 410 Å². The summed E-state index contributed by atoms with van der Waals surface area (Å²) in [5.74, 6) is -1.38. The van der Waals surface area contributed by atoms with E-state index in [-0.39, 0.29) is 47.5 Å². The lowest BCUT2D eigenvalue weighted by Crippen LogP contribution is -2.39. The van der Waals surface area contributed by atoms with Gasteiger partial charge in [-0.2, -0.15) is 0 Å².